The van der Waals surface area contributed by atoms with Crippen LogP contribution >= 0.6 is 12.2 Å². The lowest BCUT2D eigenvalue weighted by Gasteiger charge is -2.09. The van der Waals surface area contributed by atoms with Gasteiger partial charge in [0, 0.05) is 5.56 Å². The van der Waals surface area contributed by atoms with Crippen molar-refractivity contribution in [2.24, 2.45) is 0 Å². The molecule has 0 bridgehead atoms. The molecule has 0 radical (unpaired) electrons. The van der Waals surface area contributed by atoms with E-state index in [0.717, 1.165) is 17.4 Å². The predicted octanol–water partition coefficient (Wildman–Crippen LogP) is 3.93. The van der Waals surface area contributed by atoms with Crippen molar-refractivity contribution in [3.63, 3.8) is 0 Å². The highest BCUT2D eigenvalue weighted by molar-refractivity contribution is 7.71. The van der Waals surface area contributed by atoms with Gasteiger partial charge in [0.1, 0.15) is 5.75 Å². The molecular formula is C19H18N2O3S. The zero-order chi connectivity index (χ0) is 17.8. The summed E-state index contributed by atoms with van der Waals surface area (Å²) in [6, 6.07) is 13.8. The predicted molar refractivity (Wildman–Crippen MR) is 100.0 cm³/mol. The molecule has 1 N–H and O–H groups in total. The highest BCUT2D eigenvalue weighted by atomic mass is 32.1. The number of ether oxygens (including phenoxy) is 1. The molecule has 0 aliphatic rings. The number of para-hydroxylation sites is 1. The van der Waals surface area contributed by atoms with Crippen LogP contribution in [0.15, 0.2) is 53.3 Å². The van der Waals surface area contributed by atoms with Gasteiger partial charge in [-0.2, -0.15) is 0 Å². The van der Waals surface area contributed by atoms with Gasteiger partial charge in [0.05, 0.1) is 17.5 Å². The first-order valence-corrected chi connectivity index (χ1v) is 8.54. The Morgan fingerprint density at radius 3 is 2.80 bits per heavy atom. The minimum Gasteiger partial charge on any atom is -0.494 e. The Kier molecular flexibility index (Phi) is 5.09. The lowest BCUT2D eigenvalue weighted by atomic mass is 10.2. The number of aromatic nitrogens is 2. The number of rotatable bonds is 5. The van der Waals surface area contributed by atoms with E-state index in [1.165, 1.54) is 0 Å². The fraction of sp³-hybridized carbons (Fsp3) is 0.211. The van der Waals surface area contributed by atoms with E-state index in [1.807, 2.05) is 0 Å². The SMILES string of the molecule is CCCCOc1cccc(C(=O)n2c(=S)[nH]c3ccccc3c2=O)c1. The van der Waals surface area contributed by atoms with Crippen molar-refractivity contribution in [2.45, 2.75) is 19.8 Å². The maximum absolute atomic E-state index is 12.8. The number of benzene rings is 2. The van der Waals surface area contributed by atoms with Crippen LogP contribution in [-0.4, -0.2) is 22.1 Å². The van der Waals surface area contributed by atoms with E-state index in [-0.39, 0.29) is 4.77 Å². The van der Waals surface area contributed by atoms with Crippen molar-refractivity contribution in [2.75, 3.05) is 6.61 Å². The van der Waals surface area contributed by atoms with E-state index < -0.39 is 11.5 Å². The molecule has 0 amide bonds. The Bertz CT molecular complexity index is 1040. The summed E-state index contributed by atoms with van der Waals surface area (Å²) in [4.78, 5) is 28.5. The number of fused-ring (bicyclic) bond motifs is 1. The maximum Gasteiger partial charge on any atom is 0.269 e. The van der Waals surface area contributed by atoms with E-state index in [0.29, 0.717) is 28.8 Å². The number of H-pyrrole nitrogens is 1. The molecule has 1 heterocycles. The number of unbranched alkanes of at least 4 members (excludes halogenated alkanes) is 1. The van der Waals surface area contributed by atoms with E-state index in [1.54, 1.807) is 48.5 Å². The zero-order valence-electron chi connectivity index (χ0n) is 13.8. The van der Waals surface area contributed by atoms with Gasteiger partial charge < -0.3 is 9.72 Å². The monoisotopic (exact) mass is 354 g/mol. The van der Waals surface area contributed by atoms with Crippen LogP contribution in [-0.2, 0) is 0 Å². The molecule has 0 aliphatic heterocycles. The zero-order valence-corrected chi connectivity index (χ0v) is 14.6. The van der Waals surface area contributed by atoms with Crippen molar-refractivity contribution in [1.82, 2.24) is 9.55 Å². The largest absolute Gasteiger partial charge is 0.494 e. The summed E-state index contributed by atoms with van der Waals surface area (Å²) in [5, 5.41) is 0.416. The smallest absolute Gasteiger partial charge is 0.269 e. The molecule has 128 valence electrons. The van der Waals surface area contributed by atoms with Gasteiger partial charge in [0.2, 0.25) is 0 Å². The van der Waals surface area contributed by atoms with Crippen LogP contribution in [0.4, 0.5) is 0 Å². The van der Waals surface area contributed by atoms with Crippen LogP contribution in [0.3, 0.4) is 0 Å². The Balaban J connectivity index is 2.02. The van der Waals surface area contributed by atoms with Gasteiger partial charge in [0.25, 0.3) is 11.5 Å². The van der Waals surface area contributed by atoms with Crippen molar-refractivity contribution in [3.8, 4) is 5.75 Å². The van der Waals surface area contributed by atoms with Crippen LogP contribution in [0.25, 0.3) is 10.9 Å². The average molecular weight is 354 g/mol. The first-order valence-electron chi connectivity index (χ1n) is 8.13. The average Bonchev–Trinajstić information content (AvgIpc) is 2.62. The summed E-state index contributed by atoms with van der Waals surface area (Å²) in [6.07, 6.45) is 1.97. The lowest BCUT2D eigenvalue weighted by molar-refractivity contribution is 0.0953. The molecule has 0 atom stereocenters. The van der Waals surface area contributed by atoms with Crippen LogP contribution in [0, 0.1) is 4.77 Å². The van der Waals surface area contributed by atoms with Crippen molar-refractivity contribution in [3.05, 3.63) is 69.2 Å². The Hall–Kier alpha value is -2.73. The summed E-state index contributed by atoms with van der Waals surface area (Å²) >= 11 is 5.22. The normalized spacial score (nSPS) is 10.8. The number of carbonyl (C=O) groups is 1. The summed E-state index contributed by atoms with van der Waals surface area (Å²) < 4.78 is 6.69. The van der Waals surface area contributed by atoms with E-state index in [9.17, 15) is 9.59 Å². The molecule has 0 aliphatic carbocycles. The van der Waals surface area contributed by atoms with E-state index in [4.69, 9.17) is 17.0 Å². The van der Waals surface area contributed by atoms with E-state index in [2.05, 4.69) is 11.9 Å². The van der Waals surface area contributed by atoms with Gasteiger partial charge in [-0.1, -0.05) is 31.5 Å². The van der Waals surface area contributed by atoms with Crippen LogP contribution in [0.2, 0.25) is 0 Å². The molecule has 5 nitrogen and oxygen atoms in total. The Labute approximate surface area is 149 Å². The van der Waals surface area contributed by atoms with Crippen molar-refractivity contribution in [1.29, 1.82) is 0 Å². The van der Waals surface area contributed by atoms with Crippen LogP contribution in [0.5, 0.6) is 5.75 Å². The van der Waals surface area contributed by atoms with Gasteiger partial charge in [-0.25, -0.2) is 4.57 Å². The maximum atomic E-state index is 12.8. The van der Waals surface area contributed by atoms with Gasteiger partial charge in [-0.3, -0.25) is 9.59 Å². The standard InChI is InChI=1S/C19H18N2O3S/c1-2-3-11-24-14-8-6-7-13(12-14)17(22)21-18(23)15-9-4-5-10-16(15)20-19(21)25/h4-10,12H,2-3,11H2,1H3,(H,20,25). The quantitative estimate of drug-likeness (QED) is 0.557. The molecule has 25 heavy (non-hydrogen) atoms. The molecule has 2 aromatic carbocycles. The third kappa shape index (κ3) is 3.53. The third-order valence-electron chi connectivity index (χ3n) is 3.86. The molecule has 0 saturated carbocycles. The van der Waals surface area contributed by atoms with Gasteiger partial charge in [0.15, 0.2) is 4.77 Å². The number of nitrogens with zero attached hydrogens (tertiary/aromatic N) is 1. The van der Waals surface area contributed by atoms with Gasteiger partial charge >= 0.3 is 0 Å². The fourth-order valence-electron chi connectivity index (χ4n) is 2.53. The van der Waals surface area contributed by atoms with Crippen molar-refractivity contribution >= 4 is 29.0 Å². The second-order valence-electron chi connectivity index (χ2n) is 5.65. The summed E-state index contributed by atoms with van der Waals surface area (Å²) in [5.41, 5.74) is 0.533. The molecule has 0 spiro atoms. The highest BCUT2D eigenvalue weighted by Crippen LogP contribution is 2.15. The first kappa shape index (κ1) is 17.1. The van der Waals surface area contributed by atoms with Gasteiger partial charge in [-0.05, 0) is 49.0 Å². The molecule has 0 fully saturated rings. The third-order valence-corrected chi connectivity index (χ3v) is 4.14. The topological polar surface area (TPSA) is 64.1 Å². The number of hydrogen-bond acceptors (Lipinski definition) is 4. The molecule has 0 saturated heterocycles. The molecule has 3 aromatic rings. The Morgan fingerprint density at radius 2 is 2.00 bits per heavy atom. The lowest BCUT2D eigenvalue weighted by Crippen LogP contribution is -2.29. The van der Waals surface area contributed by atoms with Gasteiger partial charge in [-0.15, -0.1) is 0 Å². The van der Waals surface area contributed by atoms with Crippen molar-refractivity contribution < 1.29 is 9.53 Å². The molecule has 1 aromatic heterocycles. The fourth-order valence-corrected chi connectivity index (χ4v) is 2.81. The second kappa shape index (κ2) is 7.44. The first-order chi connectivity index (χ1) is 12.1. The Morgan fingerprint density at radius 1 is 1.20 bits per heavy atom. The van der Waals surface area contributed by atoms with Crippen LogP contribution in [0.1, 0.15) is 30.1 Å². The van der Waals surface area contributed by atoms with Crippen LogP contribution < -0.4 is 10.3 Å². The second-order valence-corrected chi connectivity index (χ2v) is 6.04. The molecule has 6 heteroatoms. The van der Waals surface area contributed by atoms with E-state index >= 15 is 0 Å². The number of carbonyl (C=O) groups excluding carboxylic acids is 1. The summed E-state index contributed by atoms with van der Waals surface area (Å²) in [6.45, 7) is 2.67. The number of aromatic amines is 1. The molecule has 0 unspecified atom stereocenters. The highest BCUT2D eigenvalue weighted by Gasteiger charge is 2.15. The summed E-state index contributed by atoms with van der Waals surface area (Å²) in [5.74, 6) is 0.126. The number of nitrogens with one attached hydrogen (secondary N) is 1. The molecule has 3 rings (SSSR count). The minimum atomic E-state index is -0.474. The molecular weight excluding hydrogens is 336 g/mol. The minimum absolute atomic E-state index is 0.0750. The number of hydrogen-bond donors (Lipinski definition) is 1. The summed E-state index contributed by atoms with van der Waals surface area (Å²) in [7, 11) is 0.